The number of nitrogens with two attached hydrogens (primary N) is 1. The van der Waals surface area contributed by atoms with Gasteiger partial charge in [-0.15, -0.1) is 0 Å². The van der Waals surface area contributed by atoms with Crippen molar-refractivity contribution >= 4 is 23.3 Å². The summed E-state index contributed by atoms with van der Waals surface area (Å²) < 4.78 is 0. The third kappa shape index (κ3) is 1.74. The van der Waals surface area contributed by atoms with E-state index in [0.717, 1.165) is 17.1 Å². The highest BCUT2D eigenvalue weighted by atomic mass is 15.0. The lowest BCUT2D eigenvalue weighted by molar-refractivity contribution is 1.29. The highest BCUT2D eigenvalue weighted by Gasteiger charge is 2.12. The lowest BCUT2D eigenvalue weighted by Gasteiger charge is -2.17. The summed E-state index contributed by atoms with van der Waals surface area (Å²) in [5.41, 5.74) is 8.76. The van der Waals surface area contributed by atoms with Crippen LogP contribution in [0.3, 0.4) is 0 Å². The van der Waals surface area contributed by atoms with E-state index in [9.17, 15) is 0 Å². The predicted molar refractivity (Wildman–Crippen MR) is 63.1 cm³/mol. The second-order valence-corrected chi connectivity index (χ2v) is 3.20. The molecule has 2 rings (SSSR count). The van der Waals surface area contributed by atoms with Gasteiger partial charge in [-0.1, -0.05) is 12.1 Å². The second-order valence-electron chi connectivity index (χ2n) is 3.20. The van der Waals surface area contributed by atoms with Crippen molar-refractivity contribution in [1.29, 1.82) is 5.41 Å². The molecule has 0 saturated carbocycles. The van der Waals surface area contributed by atoms with Gasteiger partial charge in [-0.2, -0.15) is 0 Å². The number of aliphatic imine (C=N–C) groups is 1. The van der Waals surface area contributed by atoms with Gasteiger partial charge in [-0.05, 0) is 12.1 Å². The summed E-state index contributed by atoms with van der Waals surface area (Å²) in [5.74, 6) is 0. The molecule has 0 bridgehead atoms. The van der Waals surface area contributed by atoms with Crippen molar-refractivity contribution < 1.29 is 0 Å². The van der Waals surface area contributed by atoms with Gasteiger partial charge in [0.05, 0.1) is 23.6 Å². The number of hydrogen-bond donors (Lipinski definition) is 3. The van der Waals surface area contributed by atoms with E-state index in [0.29, 0.717) is 12.1 Å². The summed E-state index contributed by atoms with van der Waals surface area (Å²) in [4.78, 5) is 4.44. The van der Waals surface area contributed by atoms with Crippen molar-refractivity contribution in [3.8, 4) is 0 Å². The maximum atomic E-state index is 7.20. The lowest BCUT2D eigenvalue weighted by atomic mass is 10.1. The maximum Gasteiger partial charge on any atom is 0.0865 e. The molecule has 4 heteroatoms. The molecular formula is C11H12N4. The number of nitrogens with zero attached hydrogens (tertiary/aromatic N) is 1. The molecule has 4 nitrogen and oxygen atoms in total. The van der Waals surface area contributed by atoms with Crippen molar-refractivity contribution in [1.82, 2.24) is 0 Å². The third-order valence-electron chi connectivity index (χ3n) is 2.27. The topological polar surface area (TPSA) is 74.3 Å². The summed E-state index contributed by atoms with van der Waals surface area (Å²) in [7, 11) is 0. The monoisotopic (exact) mass is 200 g/mol. The molecule has 0 fully saturated rings. The van der Waals surface area contributed by atoms with Crippen molar-refractivity contribution in [2.45, 2.75) is 0 Å². The van der Waals surface area contributed by atoms with Crippen LogP contribution in [0.25, 0.3) is 0 Å². The average Bonchev–Trinajstić information content (AvgIpc) is 2.30. The first-order valence-corrected chi connectivity index (χ1v) is 4.68. The summed E-state index contributed by atoms with van der Waals surface area (Å²) >= 11 is 0. The Kier molecular flexibility index (Phi) is 2.49. The minimum absolute atomic E-state index is 0.607. The molecule has 1 aliphatic heterocycles. The Labute approximate surface area is 88.0 Å². The van der Waals surface area contributed by atoms with E-state index in [4.69, 9.17) is 11.1 Å². The van der Waals surface area contributed by atoms with Crippen molar-refractivity contribution in [3.05, 3.63) is 36.0 Å². The van der Waals surface area contributed by atoms with E-state index in [1.807, 2.05) is 24.3 Å². The summed E-state index contributed by atoms with van der Waals surface area (Å²) in [5, 5.41) is 10.4. The molecule has 0 aliphatic carbocycles. The SMILES string of the molecule is N=CC(=CN)C1=Nc2ccccc2NC1. The van der Waals surface area contributed by atoms with Crippen LogP contribution in [0, 0.1) is 5.41 Å². The van der Waals surface area contributed by atoms with Gasteiger partial charge in [0.25, 0.3) is 0 Å². The van der Waals surface area contributed by atoms with Gasteiger partial charge in [-0.25, -0.2) is 4.99 Å². The third-order valence-corrected chi connectivity index (χ3v) is 2.27. The fraction of sp³-hybridized carbons (Fsp3) is 0.0909. The normalized spacial score (nSPS) is 14.9. The van der Waals surface area contributed by atoms with E-state index in [2.05, 4.69) is 10.3 Å². The molecule has 0 aromatic heterocycles. The van der Waals surface area contributed by atoms with Crippen LogP contribution in [0.2, 0.25) is 0 Å². The highest BCUT2D eigenvalue weighted by molar-refractivity contribution is 6.18. The molecule has 4 N–H and O–H groups in total. The van der Waals surface area contributed by atoms with E-state index < -0.39 is 0 Å². The molecule has 0 unspecified atom stereocenters. The number of hydrogen-bond acceptors (Lipinski definition) is 4. The number of benzene rings is 1. The molecule has 0 spiro atoms. The van der Waals surface area contributed by atoms with Gasteiger partial charge < -0.3 is 16.5 Å². The molecule has 1 aromatic rings. The van der Waals surface area contributed by atoms with Crippen LogP contribution in [0.4, 0.5) is 11.4 Å². The first-order chi connectivity index (χ1) is 7.35. The van der Waals surface area contributed by atoms with Gasteiger partial charge in [-0.3, -0.25) is 0 Å². The molecule has 1 heterocycles. The van der Waals surface area contributed by atoms with E-state index in [1.54, 1.807) is 0 Å². The van der Waals surface area contributed by atoms with E-state index in [-0.39, 0.29) is 0 Å². The molecule has 1 aromatic carbocycles. The quantitative estimate of drug-likeness (QED) is 0.635. The first-order valence-electron chi connectivity index (χ1n) is 4.68. The van der Waals surface area contributed by atoms with Crippen molar-refractivity contribution in [2.24, 2.45) is 10.7 Å². The maximum absolute atomic E-state index is 7.20. The minimum atomic E-state index is 0.607. The zero-order valence-electron chi connectivity index (χ0n) is 8.20. The molecule has 0 amide bonds. The standard InChI is InChI=1S/C11H12N4/c12-5-8(6-13)11-7-14-9-3-1-2-4-10(9)15-11/h1-6,12,14H,7,13H2. The summed E-state index contributed by atoms with van der Waals surface area (Å²) in [6.45, 7) is 0.607. The van der Waals surface area contributed by atoms with Crippen LogP contribution < -0.4 is 11.1 Å². The molecule has 76 valence electrons. The van der Waals surface area contributed by atoms with Crippen LogP contribution >= 0.6 is 0 Å². The zero-order chi connectivity index (χ0) is 10.7. The molecule has 0 saturated heterocycles. The van der Waals surface area contributed by atoms with Gasteiger partial charge in [0, 0.05) is 18.0 Å². The minimum Gasteiger partial charge on any atom is -0.404 e. The second kappa shape index (κ2) is 3.96. The van der Waals surface area contributed by atoms with Gasteiger partial charge in [0.15, 0.2) is 0 Å². The molecule has 15 heavy (non-hydrogen) atoms. The van der Waals surface area contributed by atoms with Gasteiger partial charge in [0.2, 0.25) is 0 Å². The Morgan fingerprint density at radius 3 is 3.00 bits per heavy atom. The Morgan fingerprint density at radius 2 is 2.27 bits per heavy atom. The van der Waals surface area contributed by atoms with Crippen LogP contribution in [-0.4, -0.2) is 18.5 Å². The Balaban J connectivity index is 2.41. The lowest BCUT2D eigenvalue weighted by Crippen LogP contribution is -2.20. The fourth-order valence-electron chi connectivity index (χ4n) is 1.48. The van der Waals surface area contributed by atoms with Gasteiger partial charge in [0.1, 0.15) is 0 Å². The zero-order valence-corrected chi connectivity index (χ0v) is 8.20. The molecule has 0 radical (unpaired) electrons. The summed E-state index contributed by atoms with van der Waals surface area (Å²) in [6.07, 6.45) is 2.62. The van der Waals surface area contributed by atoms with E-state index >= 15 is 0 Å². The van der Waals surface area contributed by atoms with Gasteiger partial charge >= 0.3 is 0 Å². The summed E-state index contributed by atoms with van der Waals surface area (Å²) in [6, 6.07) is 7.80. The number of nitrogens with one attached hydrogen (secondary N) is 2. The molecule has 1 aliphatic rings. The number of anilines is 1. The average molecular weight is 200 g/mol. The van der Waals surface area contributed by atoms with Crippen LogP contribution in [-0.2, 0) is 0 Å². The first kappa shape index (κ1) is 9.45. The number of rotatable bonds is 2. The van der Waals surface area contributed by atoms with Crippen LogP contribution in [0.15, 0.2) is 41.0 Å². The van der Waals surface area contributed by atoms with Crippen LogP contribution in [0.5, 0.6) is 0 Å². The number of fused-ring (bicyclic) bond motifs is 1. The highest BCUT2D eigenvalue weighted by Crippen LogP contribution is 2.27. The molecular weight excluding hydrogens is 188 g/mol. The smallest absolute Gasteiger partial charge is 0.0865 e. The molecule has 0 atom stereocenters. The van der Waals surface area contributed by atoms with E-state index in [1.165, 1.54) is 12.4 Å². The largest absolute Gasteiger partial charge is 0.404 e. The van der Waals surface area contributed by atoms with Crippen molar-refractivity contribution in [3.63, 3.8) is 0 Å². The predicted octanol–water partition coefficient (Wildman–Crippen LogP) is 1.68. The Hall–Kier alpha value is -2.10. The van der Waals surface area contributed by atoms with Crippen molar-refractivity contribution in [2.75, 3.05) is 11.9 Å². The number of para-hydroxylation sites is 2. The fourth-order valence-corrected chi connectivity index (χ4v) is 1.48. The Bertz CT molecular complexity index is 446. The van der Waals surface area contributed by atoms with Crippen LogP contribution in [0.1, 0.15) is 0 Å². The Morgan fingerprint density at radius 1 is 1.47 bits per heavy atom.